The van der Waals surface area contributed by atoms with Crippen molar-refractivity contribution in [3.63, 3.8) is 0 Å². The Balaban J connectivity index is 1.91. The Bertz CT molecular complexity index is 771. The van der Waals surface area contributed by atoms with E-state index in [1.807, 2.05) is 0 Å². The topological polar surface area (TPSA) is 18.5 Å². The molecule has 2 heteroatoms. The molecule has 33 heavy (non-hydrogen) atoms. The first kappa shape index (κ1) is 27.3. The van der Waals surface area contributed by atoms with Gasteiger partial charge in [0.15, 0.2) is 0 Å². The van der Waals surface area contributed by atoms with Crippen molar-refractivity contribution in [1.82, 2.24) is 0 Å². The predicted molar refractivity (Wildman–Crippen MR) is 143 cm³/mol. The average Bonchev–Trinajstić information content (AvgIpc) is 2.84. The standard InChI is InChI=1S/C31H48O2/c1-9-30(10-2,11-3)26-16-18-28(24(7)22-26)32-20-15-21-33-29-19-17-27(23-25(29)8)31(12-4,13-5)14-6/h16-19,22-23H,9-15,20-21H2,1-8H3. The highest BCUT2D eigenvalue weighted by molar-refractivity contribution is 5.40. The van der Waals surface area contributed by atoms with Crippen molar-refractivity contribution in [2.75, 3.05) is 13.2 Å². The molecular weight excluding hydrogens is 404 g/mol. The van der Waals surface area contributed by atoms with Gasteiger partial charge in [-0.15, -0.1) is 0 Å². The molecule has 184 valence electrons. The minimum absolute atomic E-state index is 0.287. The molecule has 2 aromatic carbocycles. The van der Waals surface area contributed by atoms with E-state index in [0.717, 1.165) is 17.9 Å². The molecule has 0 radical (unpaired) electrons. The van der Waals surface area contributed by atoms with E-state index in [0.29, 0.717) is 13.2 Å². The fraction of sp³-hybridized carbons (Fsp3) is 0.613. The Morgan fingerprint density at radius 3 is 1.15 bits per heavy atom. The van der Waals surface area contributed by atoms with Crippen LogP contribution in [0.25, 0.3) is 0 Å². The largest absolute Gasteiger partial charge is 0.493 e. The van der Waals surface area contributed by atoms with Crippen molar-refractivity contribution in [3.05, 3.63) is 58.7 Å². The Kier molecular flexibility index (Phi) is 10.3. The SMILES string of the molecule is CCC(CC)(CC)c1ccc(OCCCOc2ccc(C(CC)(CC)CC)cc2C)c(C)c1. The maximum Gasteiger partial charge on any atom is 0.122 e. The summed E-state index contributed by atoms with van der Waals surface area (Å²) in [5.74, 6) is 1.98. The highest BCUT2D eigenvalue weighted by atomic mass is 16.5. The zero-order valence-electron chi connectivity index (χ0n) is 22.6. The molecule has 0 aliphatic heterocycles. The van der Waals surface area contributed by atoms with Crippen molar-refractivity contribution >= 4 is 0 Å². The summed E-state index contributed by atoms with van der Waals surface area (Å²) in [4.78, 5) is 0. The van der Waals surface area contributed by atoms with Gasteiger partial charge < -0.3 is 9.47 Å². The first-order chi connectivity index (χ1) is 15.8. The lowest BCUT2D eigenvalue weighted by Crippen LogP contribution is -2.23. The fourth-order valence-corrected chi connectivity index (χ4v) is 5.43. The molecule has 0 atom stereocenters. The lowest BCUT2D eigenvalue weighted by Gasteiger charge is -2.31. The van der Waals surface area contributed by atoms with Gasteiger partial charge in [0.05, 0.1) is 13.2 Å². The zero-order valence-corrected chi connectivity index (χ0v) is 22.6. The summed E-state index contributed by atoms with van der Waals surface area (Å²) >= 11 is 0. The van der Waals surface area contributed by atoms with E-state index < -0.39 is 0 Å². The van der Waals surface area contributed by atoms with E-state index >= 15 is 0 Å². The van der Waals surface area contributed by atoms with Gasteiger partial charge in [0, 0.05) is 6.42 Å². The summed E-state index contributed by atoms with van der Waals surface area (Å²) in [6, 6.07) is 13.5. The van der Waals surface area contributed by atoms with Gasteiger partial charge in [-0.25, -0.2) is 0 Å². The van der Waals surface area contributed by atoms with Crippen LogP contribution in [0, 0.1) is 13.8 Å². The Hall–Kier alpha value is -1.96. The monoisotopic (exact) mass is 452 g/mol. The second-order valence-corrected chi connectivity index (χ2v) is 9.69. The molecule has 0 aliphatic rings. The Morgan fingerprint density at radius 1 is 0.545 bits per heavy atom. The molecule has 0 bridgehead atoms. The minimum atomic E-state index is 0.287. The van der Waals surface area contributed by atoms with Crippen LogP contribution >= 0.6 is 0 Å². The Labute approximate surface area is 204 Å². The zero-order chi connectivity index (χ0) is 24.5. The highest BCUT2D eigenvalue weighted by Gasteiger charge is 2.27. The molecule has 0 saturated carbocycles. The van der Waals surface area contributed by atoms with Gasteiger partial charge in [0.1, 0.15) is 11.5 Å². The second-order valence-electron chi connectivity index (χ2n) is 9.69. The van der Waals surface area contributed by atoms with Gasteiger partial charge >= 0.3 is 0 Å². The van der Waals surface area contributed by atoms with Crippen LogP contribution in [0.3, 0.4) is 0 Å². The van der Waals surface area contributed by atoms with Crippen molar-refractivity contribution in [2.45, 2.75) is 111 Å². The molecule has 0 aliphatic carbocycles. The summed E-state index contributed by atoms with van der Waals surface area (Å²) in [7, 11) is 0. The van der Waals surface area contributed by atoms with Crippen LogP contribution in [0.15, 0.2) is 36.4 Å². The van der Waals surface area contributed by atoms with Crippen LogP contribution in [0.1, 0.15) is 109 Å². The molecule has 2 nitrogen and oxygen atoms in total. The van der Waals surface area contributed by atoms with Crippen LogP contribution in [0.2, 0.25) is 0 Å². The van der Waals surface area contributed by atoms with E-state index in [1.54, 1.807) is 0 Å². The van der Waals surface area contributed by atoms with Crippen molar-refractivity contribution in [1.29, 1.82) is 0 Å². The van der Waals surface area contributed by atoms with E-state index in [1.165, 1.54) is 60.8 Å². The lowest BCUT2D eigenvalue weighted by molar-refractivity contribution is 0.245. The molecule has 2 aromatic rings. The lowest BCUT2D eigenvalue weighted by atomic mass is 9.73. The quantitative estimate of drug-likeness (QED) is 0.266. The van der Waals surface area contributed by atoms with Crippen LogP contribution < -0.4 is 9.47 Å². The Morgan fingerprint density at radius 2 is 0.879 bits per heavy atom. The molecule has 0 unspecified atom stereocenters. The summed E-state index contributed by atoms with van der Waals surface area (Å²) in [5.41, 5.74) is 5.92. The van der Waals surface area contributed by atoms with Gasteiger partial charge in [-0.05, 0) is 97.6 Å². The van der Waals surface area contributed by atoms with Crippen LogP contribution in [0.4, 0.5) is 0 Å². The summed E-state index contributed by atoms with van der Waals surface area (Å²) in [6.45, 7) is 19.5. The van der Waals surface area contributed by atoms with E-state index in [-0.39, 0.29) is 10.8 Å². The molecular formula is C31H48O2. The molecule has 2 rings (SSSR count). The van der Waals surface area contributed by atoms with E-state index in [2.05, 4.69) is 91.8 Å². The average molecular weight is 453 g/mol. The van der Waals surface area contributed by atoms with Crippen molar-refractivity contribution in [3.8, 4) is 11.5 Å². The number of ether oxygens (including phenoxy) is 2. The molecule has 0 saturated heterocycles. The molecule has 0 amide bonds. The number of hydrogen-bond donors (Lipinski definition) is 0. The van der Waals surface area contributed by atoms with Crippen molar-refractivity contribution < 1.29 is 9.47 Å². The maximum atomic E-state index is 6.10. The van der Waals surface area contributed by atoms with Crippen LogP contribution in [0.5, 0.6) is 11.5 Å². The first-order valence-electron chi connectivity index (χ1n) is 13.3. The third-order valence-corrected chi connectivity index (χ3v) is 8.44. The van der Waals surface area contributed by atoms with Gasteiger partial charge in [-0.2, -0.15) is 0 Å². The normalized spacial score (nSPS) is 12.1. The number of rotatable bonds is 14. The van der Waals surface area contributed by atoms with Crippen LogP contribution in [-0.2, 0) is 10.8 Å². The molecule has 0 heterocycles. The van der Waals surface area contributed by atoms with E-state index in [9.17, 15) is 0 Å². The highest BCUT2D eigenvalue weighted by Crippen LogP contribution is 2.38. The number of hydrogen-bond acceptors (Lipinski definition) is 2. The van der Waals surface area contributed by atoms with Crippen molar-refractivity contribution in [2.24, 2.45) is 0 Å². The smallest absolute Gasteiger partial charge is 0.122 e. The van der Waals surface area contributed by atoms with Gasteiger partial charge in [0.2, 0.25) is 0 Å². The van der Waals surface area contributed by atoms with Gasteiger partial charge in [0.25, 0.3) is 0 Å². The van der Waals surface area contributed by atoms with Crippen LogP contribution in [-0.4, -0.2) is 13.2 Å². The maximum absolute atomic E-state index is 6.10. The summed E-state index contributed by atoms with van der Waals surface area (Å²) < 4.78 is 12.2. The summed E-state index contributed by atoms with van der Waals surface area (Å²) in [5, 5.41) is 0. The number of aryl methyl sites for hydroxylation is 2. The predicted octanol–water partition coefficient (Wildman–Crippen LogP) is 9.09. The fourth-order valence-electron chi connectivity index (χ4n) is 5.43. The first-order valence-corrected chi connectivity index (χ1v) is 13.3. The number of benzene rings is 2. The van der Waals surface area contributed by atoms with Gasteiger partial charge in [-0.1, -0.05) is 65.8 Å². The molecule has 0 spiro atoms. The van der Waals surface area contributed by atoms with Gasteiger partial charge in [-0.3, -0.25) is 0 Å². The molecule has 0 N–H and O–H groups in total. The third-order valence-electron chi connectivity index (χ3n) is 8.44. The minimum Gasteiger partial charge on any atom is -0.493 e. The molecule has 0 fully saturated rings. The summed E-state index contributed by atoms with van der Waals surface area (Å²) in [6.07, 6.45) is 7.91. The third kappa shape index (κ3) is 6.14. The molecule has 0 aromatic heterocycles. The second kappa shape index (κ2) is 12.5. The van der Waals surface area contributed by atoms with E-state index in [4.69, 9.17) is 9.47 Å².